The Balaban J connectivity index is 2.18. The van der Waals surface area contributed by atoms with Crippen molar-refractivity contribution in [3.8, 4) is 0 Å². The van der Waals surface area contributed by atoms with E-state index in [0.29, 0.717) is 18.8 Å². The molecule has 0 bridgehead atoms. The number of morpholine rings is 1. The summed E-state index contributed by atoms with van der Waals surface area (Å²) < 4.78 is 32.7. The summed E-state index contributed by atoms with van der Waals surface area (Å²) in [6, 6.07) is 3.50. The SMILES string of the molecule is CC(C)c1cccnc1C(=O)NS(=O)(=O)N1CCOCC1. The first-order chi connectivity index (χ1) is 9.92. The van der Waals surface area contributed by atoms with Crippen LogP contribution in [-0.4, -0.2) is 49.9 Å². The van der Waals surface area contributed by atoms with Crippen molar-refractivity contribution in [1.82, 2.24) is 14.0 Å². The van der Waals surface area contributed by atoms with Gasteiger partial charge in [-0.15, -0.1) is 0 Å². The Morgan fingerprint density at radius 1 is 1.38 bits per heavy atom. The molecule has 0 spiro atoms. The molecule has 1 aliphatic heterocycles. The van der Waals surface area contributed by atoms with Crippen molar-refractivity contribution in [3.05, 3.63) is 29.6 Å². The van der Waals surface area contributed by atoms with Gasteiger partial charge in [-0.25, -0.2) is 4.72 Å². The standard InChI is InChI=1S/C13H19N3O4S/c1-10(2)11-4-3-5-14-12(11)13(17)15-21(18,19)16-6-8-20-9-7-16/h3-5,10H,6-9H2,1-2H3,(H,15,17). The van der Waals surface area contributed by atoms with Crippen LogP contribution in [0.4, 0.5) is 0 Å². The molecular formula is C13H19N3O4S. The number of hydrogen-bond donors (Lipinski definition) is 1. The second-order valence-electron chi connectivity index (χ2n) is 5.04. The van der Waals surface area contributed by atoms with Gasteiger partial charge in [0.15, 0.2) is 0 Å². The predicted octanol–water partition coefficient (Wildman–Crippen LogP) is 0.512. The maximum Gasteiger partial charge on any atom is 0.304 e. The van der Waals surface area contributed by atoms with E-state index in [9.17, 15) is 13.2 Å². The zero-order valence-electron chi connectivity index (χ0n) is 12.1. The first-order valence-corrected chi connectivity index (χ1v) is 8.20. The van der Waals surface area contributed by atoms with Gasteiger partial charge in [-0.05, 0) is 17.5 Å². The van der Waals surface area contributed by atoms with Crippen LogP contribution >= 0.6 is 0 Å². The van der Waals surface area contributed by atoms with Gasteiger partial charge in [-0.3, -0.25) is 9.78 Å². The lowest BCUT2D eigenvalue weighted by Gasteiger charge is -2.26. The quantitative estimate of drug-likeness (QED) is 0.875. The van der Waals surface area contributed by atoms with Crippen LogP contribution in [0.1, 0.15) is 35.8 Å². The molecule has 1 N–H and O–H groups in total. The molecule has 1 amide bonds. The van der Waals surface area contributed by atoms with Gasteiger partial charge in [0.2, 0.25) is 0 Å². The monoisotopic (exact) mass is 313 g/mol. The van der Waals surface area contributed by atoms with Gasteiger partial charge >= 0.3 is 10.2 Å². The molecule has 0 unspecified atom stereocenters. The summed E-state index contributed by atoms with van der Waals surface area (Å²) in [7, 11) is -3.86. The molecule has 8 heteroatoms. The second-order valence-corrected chi connectivity index (χ2v) is 6.71. The zero-order chi connectivity index (χ0) is 15.5. The minimum Gasteiger partial charge on any atom is -0.379 e. The highest BCUT2D eigenvalue weighted by molar-refractivity contribution is 7.87. The molecule has 0 radical (unpaired) electrons. The van der Waals surface area contributed by atoms with Crippen LogP contribution in [0.25, 0.3) is 0 Å². The number of hydrogen-bond acceptors (Lipinski definition) is 5. The van der Waals surface area contributed by atoms with Crippen molar-refractivity contribution >= 4 is 16.1 Å². The number of nitrogens with zero attached hydrogens (tertiary/aromatic N) is 2. The molecule has 1 fully saturated rings. The lowest BCUT2D eigenvalue weighted by Crippen LogP contribution is -2.48. The number of rotatable bonds is 4. The van der Waals surface area contributed by atoms with Crippen molar-refractivity contribution in [2.45, 2.75) is 19.8 Å². The van der Waals surface area contributed by atoms with E-state index >= 15 is 0 Å². The molecule has 0 saturated carbocycles. The number of carbonyl (C=O) groups is 1. The van der Waals surface area contributed by atoms with Crippen LogP contribution in [-0.2, 0) is 14.9 Å². The molecule has 2 heterocycles. The van der Waals surface area contributed by atoms with Gasteiger partial charge in [0, 0.05) is 19.3 Å². The van der Waals surface area contributed by atoms with Gasteiger partial charge in [0.05, 0.1) is 13.2 Å². The minimum atomic E-state index is -3.86. The minimum absolute atomic E-state index is 0.0746. The van der Waals surface area contributed by atoms with Crippen molar-refractivity contribution < 1.29 is 17.9 Å². The molecule has 0 aromatic carbocycles. The molecule has 1 aromatic rings. The Morgan fingerprint density at radius 2 is 2.05 bits per heavy atom. The fraction of sp³-hybridized carbons (Fsp3) is 0.538. The summed E-state index contributed by atoms with van der Waals surface area (Å²) in [5, 5.41) is 0. The van der Waals surface area contributed by atoms with Crippen LogP contribution in [0.3, 0.4) is 0 Å². The first-order valence-electron chi connectivity index (χ1n) is 6.76. The van der Waals surface area contributed by atoms with E-state index in [1.165, 1.54) is 10.5 Å². The third-order valence-electron chi connectivity index (χ3n) is 3.21. The lowest BCUT2D eigenvalue weighted by molar-refractivity contribution is 0.0718. The highest BCUT2D eigenvalue weighted by Crippen LogP contribution is 2.17. The maximum absolute atomic E-state index is 12.2. The number of nitrogens with one attached hydrogen (secondary N) is 1. The smallest absolute Gasteiger partial charge is 0.304 e. The molecule has 2 rings (SSSR count). The van der Waals surface area contributed by atoms with Crippen molar-refractivity contribution in [3.63, 3.8) is 0 Å². The number of pyridine rings is 1. The summed E-state index contributed by atoms with van der Waals surface area (Å²) in [4.78, 5) is 16.2. The van der Waals surface area contributed by atoms with E-state index < -0.39 is 16.1 Å². The molecular weight excluding hydrogens is 294 g/mol. The van der Waals surface area contributed by atoms with Gasteiger partial charge in [0.1, 0.15) is 5.69 Å². The highest BCUT2D eigenvalue weighted by atomic mass is 32.2. The van der Waals surface area contributed by atoms with E-state index in [2.05, 4.69) is 9.71 Å². The Morgan fingerprint density at radius 3 is 2.67 bits per heavy atom. The Bertz CT molecular complexity index is 610. The molecule has 1 aliphatic rings. The van der Waals surface area contributed by atoms with Crippen molar-refractivity contribution in [1.29, 1.82) is 0 Å². The van der Waals surface area contributed by atoms with Gasteiger partial charge in [0.25, 0.3) is 5.91 Å². The summed E-state index contributed by atoms with van der Waals surface area (Å²) in [5.74, 6) is -0.628. The van der Waals surface area contributed by atoms with Gasteiger partial charge in [-0.2, -0.15) is 12.7 Å². The summed E-state index contributed by atoms with van der Waals surface area (Å²) in [6.45, 7) is 4.98. The van der Waals surface area contributed by atoms with E-state index in [4.69, 9.17) is 4.74 Å². The fourth-order valence-corrected chi connectivity index (χ4v) is 3.18. The molecule has 1 aromatic heterocycles. The van der Waals surface area contributed by atoms with Crippen LogP contribution in [0.5, 0.6) is 0 Å². The summed E-state index contributed by atoms with van der Waals surface area (Å²) in [5.41, 5.74) is 0.858. The zero-order valence-corrected chi connectivity index (χ0v) is 12.9. The molecule has 21 heavy (non-hydrogen) atoms. The second kappa shape index (κ2) is 6.50. The average Bonchev–Trinajstić information content (AvgIpc) is 2.47. The molecule has 1 saturated heterocycles. The molecule has 116 valence electrons. The molecule has 0 aliphatic carbocycles. The van der Waals surface area contributed by atoms with Crippen molar-refractivity contribution in [2.24, 2.45) is 0 Å². The van der Waals surface area contributed by atoms with Gasteiger partial charge < -0.3 is 4.74 Å². The Hall–Kier alpha value is -1.51. The molecule has 7 nitrogen and oxygen atoms in total. The number of aromatic nitrogens is 1. The summed E-state index contributed by atoms with van der Waals surface area (Å²) >= 11 is 0. The van der Waals surface area contributed by atoms with E-state index in [-0.39, 0.29) is 24.7 Å². The predicted molar refractivity (Wildman–Crippen MR) is 77.1 cm³/mol. The number of carbonyl (C=O) groups excluding carboxylic acids is 1. The average molecular weight is 313 g/mol. The third-order valence-corrected chi connectivity index (χ3v) is 4.70. The fourth-order valence-electron chi connectivity index (χ4n) is 2.09. The van der Waals surface area contributed by atoms with Crippen LogP contribution in [0, 0.1) is 0 Å². The van der Waals surface area contributed by atoms with Crippen LogP contribution in [0.2, 0.25) is 0 Å². The maximum atomic E-state index is 12.2. The van der Waals surface area contributed by atoms with Gasteiger partial charge in [-0.1, -0.05) is 19.9 Å². The van der Waals surface area contributed by atoms with E-state index in [1.807, 2.05) is 13.8 Å². The summed E-state index contributed by atoms with van der Waals surface area (Å²) in [6.07, 6.45) is 1.47. The largest absolute Gasteiger partial charge is 0.379 e. The normalized spacial score (nSPS) is 16.9. The number of amides is 1. The highest BCUT2D eigenvalue weighted by Gasteiger charge is 2.27. The van der Waals surface area contributed by atoms with E-state index in [1.54, 1.807) is 12.1 Å². The first kappa shape index (κ1) is 15.9. The Kier molecular flexibility index (Phi) is 4.92. The van der Waals surface area contributed by atoms with Crippen LogP contribution in [0.15, 0.2) is 18.3 Å². The Labute approximate surface area is 124 Å². The molecule has 0 atom stereocenters. The topological polar surface area (TPSA) is 88.6 Å². The van der Waals surface area contributed by atoms with Crippen molar-refractivity contribution in [2.75, 3.05) is 26.3 Å². The number of ether oxygens (including phenoxy) is 1. The third kappa shape index (κ3) is 3.78. The van der Waals surface area contributed by atoms with E-state index in [0.717, 1.165) is 0 Å². The lowest BCUT2D eigenvalue weighted by atomic mass is 10.0. The van der Waals surface area contributed by atoms with Crippen LogP contribution < -0.4 is 4.72 Å².